The summed E-state index contributed by atoms with van der Waals surface area (Å²) >= 11 is 0. The van der Waals surface area contributed by atoms with Gasteiger partial charge < -0.3 is 14.8 Å². The summed E-state index contributed by atoms with van der Waals surface area (Å²) in [7, 11) is -3.77. The highest BCUT2D eigenvalue weighted by Crippen LogP contribution is 2.15. The summed E-state index contributed by atoms with van der Waals surface area (Å²) in [4.78, 5) is 23.6. The minimum absolute atomic E-state index is 0.0126. The first-order valence-corrected chi connectivity index (χ1v) is 10.1. The molecular formula is C19H22N2O6S. The highest BCUT2D eigenvalue weighted by atomic mass is 32.2. The minimum atomic E-state index is -3.77. The van der Waals surface area contributed by atoms with E-state index >= 15 is 0 Å². The predicted octanol–water partition coefficient (Wildman–Crippen LogP) is 1.52. The van der Waals surface area contributed by atoms with Crippen LogP contribution in [-0.2, 0) is 24.3 Å². The van der Waals surface area contributed by atoms with Crippen LogP contribution in [0.5, 0.6) is 5.75 Å². The first-order chi connectivity index (χ1) is 13.3. The molecule has 9 heteroatoms. The number of hydrogen-bond acceptors (Lipinski definition) is 6. The summed E-state index contributed by atoms with van der Waals surface area (Å²) in [5.74, 6) is -0.369. The Balaban J connectivity index is 1.71. The van der Waals surface area contributed by atoms with Gasteiger partial charge in [-0.2, -0.15) is 0 Å². The van der Waals surface area contributed by atoms with Gasteiger partial charge in [0.25, 0.3) is 5.91 Å². The normalized spacial score (nSPS) is 12.1. The van der Waals surface area contributed by atoms with E-state index in [1.165, 1.54) is 12.1 Å². The number of carbonyl (C=O) groups is 2. The Morgan fingerprint density at radius 1 is 1.07 bits per heavy atom. The Morgan fingerprint density at radius 2 is 1.71 bits per heavy atom. The van der Waals surface area contributed by atoms with Gasteiger partial charge in [0.1, 0.15) is 5.75 Å². The molecule has 2 rings (SSSR count). The number of rotatable bonds is 9. The number of sulfonamides is 1. The van der Waals surface area contributed by atoms with Crippen LogP contribution < -0.4 is 15.2 Å². The third kappa shape index (κ3) is 7.01. The molecule has 0 radical (unpaired) electrons. The van der Waals surface area contributed by atoms with Crippen LogP contribution in [0.1, 0.15) is 24.9 Å². The zero-order valence-corrected chi connectivity index (χ0v) is 16.1. The quantitative estimate of drug-likeness (QED) is 0.609. The van der Waals surface area contributed by atoms with E-state index in [1.54, 1.807) is 31.2 Å². The first-order valence-electron chi connectivity index (χ1n) is 8.51. The highest BCUT2D eigenvalue weighted by molar-refractivity contribution is 7.89. The molecule has 0 aromatic heterocycles. The van der Waals surface area contributed by atoms with Crippen LogP contribution in [0.2, 0.25) is 0 Å². The number of nitrogens with two attached hydrogens (primary N) is 1. The van der Waals surface area contributed by atoms with Gasteiger partial charge in [-0.15, -0.1) is 0 Å². The molecule has 1 amide bonds. The molecule has 0 heterocycles. The zero-order chi connectivity index (χ0) is 20.6. The Kier molecular flexibility index (Phi) is 7.53. The molecule has 0 unspecified atom stereocenters. The van der Waals surface area contributed by atoms with Crippen molar-refractivity contribution in [3.63, 3.8) is 0 Å². The molecule has 150 valence electrons. The fourth-order valence-corrected chi connectivity index (χ4v) is 2.82. The summed E-state index contributed by atoms with van der Waals surface area (Å²) in [6.07, 6.45) is 0.0206. The van der Waals surface area contributed by atoms with E-state index in [-0.39, 0.29) is 17.9 Å². The first kappa shape index (κ1) is 21.4. The topological polar surface area (TPSA) is 125 Å². The van der Waals surface area contributed by atoms with E-state index in [0.717, 1.165) is 0 Å². The Labute approximate surface area is 163 Å². The van der Waals surface area contributed by atoms with E-state index in [4.69, 9.17) is 14.6 Å². The van der Waals surface area contributed by atoms with Crippen LogP contribution in [0.3, 0.4) is 0 Å². The second-order valence-electron chi connectivity index (χ2n) is 5.98. The number of hydrogen-bond donors (Lipinski definition) is 2. The number of esters is 1. The maximum absolute atomic E-state index is 11.9. The van der Waals surface area contributed by atoms with E-state index in [1.807, 2.05) is 18.2 Å². The molecule has 3 N–H and O–H groups in total. The Hall–Kier alpha value is -2.91. The van der Waals surface area contributed by atoms with E-state index in [9.17, 15) is 18.0 Å². The van der Waals surface area contributed by atoms with Crippen molar-refractivity contribution in [3.8, 4) is 5.75 Å². The molecule has 0 fully saturated rings. The van der Waals surface area contributed by atoms with Gasteiger partial charge in [0.2, 0.25) is 10.0 Å². The lowest BCUT2D eigenvalue weighted by atomic mass is 10.1. The second-order valence-corrected chi connectivity index (χ2v) is 7.54. The van der Waals surface area contributed by atoms with Crippen molar-refractivity contribution in [1.29, 1.82) is 0 Å². The molecule has 0 spiro atoms. The zero-order valence-electron chi connectivity index (χ0n) is 15.3. The second kappa shape index (κ2) is 9.86. The molecule has 0 aliphatic heterocycles. The van der Waals surface area contributed by atoms with Crippen molar-refractivity contribution < 1.29 is 27.5 Å². The minimum Gasteiger partial charge on any atom is -0.493 e. The van der Waals surface area contributed by atoms with Crippen LogP contribution in [0.15, 0.2) is 59.5 Å². The number of amides is 1. The third-order valence-corrected chi connectivity index (χ3v) is 4.70. The van der Waals surface area contributed by atoms with E-state index < -0.39 is 34.5 Å². The van der Waals surface area contributed by atoms with Gasteiger partial charge in [-0.1, -0.05) is 30.3 Å². The number of benzene rings is 2. The fourth-order valence-electron chi connectivity index (χ4n) is 2.30. The SMILES string of the molecule is C[C@@H](NC(=O)COC(=O)CCOc1ccccc1)c1ccc(S(N)(=O)=O)cc1. The van der Waals surface area contributed by atoms with Crippen LogP contribution in [0.25, 0.3) is 0 Å². The summed E-state index contributed by atoms with van der Waals surface area (Å²) in [5, 5.41) is 7.71. The fraction of sp³-hybridized carbons (Fsp3) is 0.263. The summed E-state index contributed by atoms with van der Waals surface area (Å²) in [6.45, 7) is 1.46. The van der Waals surface area contributed by atoms with Crippen LogP contribution in [0.4, 0.5) is 0 Å². The molecule has 0 bridgehead atoms. The molecule has 1 atom stereocenters. The highest BCUT2D eigenvalue weighted by Gasteiger charge is 2.13. The lowest BCUT2D eigenvalue weighted by Crippen LogP contribution is -2.31. The maximum atomic E-state index is 11.9. The lowest BCUT2D eigenvalue weighted by Gasteiger charge is -2.15. The van der Waals surface area contributed by atoms with Crippen LogP contribution >= 0.6 is 0 Å². The average Bonchev–Trinajstić information content (AvgIpc) is 2.66. The molecule has 2 aromatic rings. The third-order valence-electron chi connectivity index (χ3n) is 3.77. The monoisotopic (exact) mass is 406 g/mol. The van der Waals surface area contributed by atoms with Crippen molar-refractivity contribution in [3.05, 3.63) is 60.2 Å². The van der Waals surface area contributed by atoms with Gasteiger partial charge in [-0.05, 0) is 36.8 Å². The van der Waals surface area contributed by atoms with Gasteiger partial charge in [-0.25, -0.2) is 13.6 Å². The molecule has 0 saturated heterocycles. The molecule has 8 nitrogen and oxygen atoms in total. The van der Waals surface area contributed by atoms with Gasteiger partial charge in [0, 0.05) is 0 Å². The standard InChI is InChI=1S/C19H22N2O6S/c1-14(15-7-9-17(10-8-15)28(20,24)25)21-18(22)13-27-19(23)11-12-26-16-5-3-2-4-6-16/h2-10,14H,11-13H2,1H3,(H,21,22)(H2,20,24,25)/t14-/m1/s1. The van der Waals surface area contributed by atoms with Crippen LogP contribution in [0, 0.1) is 0 Å². The molecule has 0 aliphatic carbocycles. The smallest absolute Gasteiger partial charge is 0.309 e. The molecular weight excluding hydrogens is 384 g/mol. The number of nitrogens with one attached hydrogen (secondary N) is 1. The van der Waals surface area contributed by atoms with Crippen molar-refractivity contribution in [2.24, 2.45) is 5.14 Å². The van der Waals surface area contributed by atoms with Gasteiger partial charge >= 0.3 is 5.97 Å². The number of primary sulfonamides is 1. The summed E-state index contributed by atoms with van der Waals surface area (Å²) in [5.41, 5.74) is 0.684. The lowest BCUT2D eigenvalue weighted by molar-refractivity contribution is -0.149. The number of carbonyl (C=O) groups excluding carboxylic acids is 2. The summed E-state index contributed by atoms with van der Waals surface area (Å²) in [6, 6.07) is 14.5. The van der Waals surface area contributed by atoms with Crippen molar-refractivity contribution >= 4 is 21.9 Å². The predicted molar refractivity (Wildman–Crippen MR) is 102 cm³/mol. The largest absolute Gasteiger partial charge is 0.493 e. The number of ether oxygens (including phenoxy) is 2. The molecule has 0 saturated carbocycles. The van der Waals surface area contributed by atoms with Crippen molar-refractivity contribution in [2.75, 3.05) is 13.2 Å². The van der Waals surface area contributed by atoms with Crippen molar-refractivity contribution in [2.45, 2.75) is 24.3 Å². The molecule has 28 heavy (non-hydrogen) atoms. The molecule has 0 aliphatic rings. The Bertz CT molecular complexity index is 898. The molecule has 2 aromatic carbocycles. The maximum Gasteiger partial charge on any atom is 0.309 e. The van der Waals surface area contributed by atoms with Gasteiger partial charge in [0.05, 0.1) is 24.0 Å². The number of para-hydroxylation sites is 1. The van der Waals surface area contributed by atoms with Crippen molar-refractivity contribution in [1.82, 2.24) is 5.32 Å². The van der Waals surface area contributed by atoms with E-state index in [0.29, 0.717) is 11.3 Å². The summed E-state index contributed by atoms with van der Waals surface area (Å²) < 4.78 is 32.8. The van der Waals surface area contributed by atoms with Gasteiger partial charge in [0.15, 0.2) is 6.61 Å². The van der Waals surface area contributed by atoms with Gasteiger partial charge in [-0.3, -0.25) is 9.59 Å². The Morgan fingerprint density at radius 3 is 2.32 bits per heavy atom. The van der Waals surface area contributed by atoms with Crippen LogP contribution in [-0.4, -0.2) is 33.5 Å². The average molecular weight is 406 g/mol. The van der Waals surface area contributed by atoms with E-state index in [2.05, 4.69) is 5.32 Å².